The second kappa shape index (κ2) is 7.01. The Bertz CT molecular complexity index is 817. The van der Waals surface area contributed by atoms with Crippen LogP contribution in [0.1, 0.15) is 15.9 Å². The van der Waals surface area contributed by atoms with Crippen LogP contribution >= 0.6 is 0 Å². The van der Waals surface area contributed by atoms with Gasteiger partial charge in [-0.25, -0.2) is 0 Å². The van der Waals surface area contributed by atoms with Crippen LogP contribution in [0.5, 0.6) is 0 Å². The zero-order valence-electron chi connectivity index (χ0n) is 12.3. The summed E-state index contributed by atoms with van der Waals surface area (Å²) in [6.07, 6.45) is 0. The third-order valence-corrected chi connectivity index (χ3v) is 3.10. The standard InChI is InChI=1S/C15H12N4O5/c1-10(11-6-8-12(9-7-11)18(21)22)16-17-15(20)13-4-2-3-5-14(13)19(23)24/h2-9,16H,1H2,(H,17,20). The number of carbonyl (C=O) groups excluding carboxylic acids is 1. The number of hydrogen-bond donors (Lipinski definition) is 2. The second-order valence-corrected chi connectivity index (χ2v) is 4.64. The van der Waals surface area contributed by atoms with Gasteiger partial charge in [0.15, 0.2) is 0 Å². The highest BCUT2D eigenvalue weighted by Gasteiger charge is 2.19. The summed E-state index contributed by atoms with van der Waals surface area (Å²) in [5.41, 5.74) is 5.12. The smallest absolute Gasteiger partial charge is 0.282 e. The summed E-state index contributed by atoms with van der Waals surface area (Å²) >= 11 is 0. The quantitative estimate of drug-likeness (QED) is 0.619. The monoisotopic (exact) mass is 328 g/mol. The number of para-hydroxylation sites is 1. The summed E-state index contributed by atoms with van der Waals surface area (Å²) in [4.78, 5) is 32.4. The number of carbonyl (C=O) groups is 1. The number of hydrogen-bond acceptors (Lipinski definition) is 6. The molecule has 0 aliphatic carbocycles. The van der Waals surface area contributed by atoms with Crippen LogP contribution in [-0.2, 0) is 0 Å². The lowest BCUT2D eigenvalue weighted by Crippen LogP contribution is -2.36. The summed E-state index contributed by atoms with van der Waals surface area (Å²) in [7, 11) is 0. The zero-order chi connectivity index (χ0) is 17.7. The number of nitro benzene ring substituents is 2. The molecule has 9 nitrogen and oxygen atoms in total. The average Bonchev–Trinajstić information content (AvgIpc) is 2.59. The molecule has 0 unspecified atom stereocenters. The topological polar surface area (TPSA) is 127 Å². The van der Waals surface area contributed by atoms with Gasteiger partial charge in [0.25, 0.3) is 17.3 Å². The van der Waals surface area contributed by atoms with E-state index < -0.39 is 15.8 Å². The van der Waals surface area contributed by atoms with E-state index in [2.05, 4.69) is 17.4 Å². The minimum Gasteiger partial charge on any atom is -0.298 e. The van der Waals surface area contributed by atoms with Crippen LogP contribution in [0.4, 0.5) is 11.4 Å². The minimum absolute atomic E-state index is 0.0736. The van der Waals surface area contributed by atoms with Crippen LogP contribution in [0, 0.1) is 20.2 Å². The summed E-state index contributed by atoms with van der Waals surface area (Å²) in [6.45, 7) is 3.69. The average molecular weight is 328 g/mol. The number of nitrogens with one attached hydrogen (secondary N) is 2. The fourth-order valence-electron chi connectivity index (χ4n) is 1.88. The first kappa shape index (κ1) is 16.6. The molecule has 2 rings (SSSR count). The summed E-state index contributed by atoms with van der Waals surface area (Å²) in [6, 6.07) is 11.0. The molecular weight excluding hydrogens is 316 g/mol. The molecule has 0 atom stereocenters. The molecule has 9 heteroatoms. The summed E-state index contributed by atoms with van der Waals surface area (Å²) in [5.74, 6) is -0.703. The Balaban J connectivity index is 2.05. The van der Waals surface area contributed by atoms with Crippen molar-refractivity contribution in [1.82, 2.24) is 10.9 Å². The Morgan fingerprint density at radius 1 is 0.917 bits per heavy atom. The highest BCUT2D eigenvalue weighted by atomic mass is 16.6. The minimum atomic E-state index is -0.703. The van der Waals surface area contributed by atoms with Crippen LogP contribution in [0.3, 0.4) is 0 Å². The molecule has 2 N–H and O–H groups in total. The van der Waals surface area contributed by atoms with E-state index in [1.807, 2.05) is 0 Å². The van der Waals surface area contributed by atoms with E-state index in [4.69, 9.17) is 0 Å². The van der Waals surface area contributed by atoms with Crippen molar-refractivity contribution in [2.75, 3.05) is 0 Å². The van der Waals surface area contributed by atoms with Crippen LogP contribution in [0.15, 0.2) is 55.1 Å². The van der Waals surface area contributed by atoms with Gasteiger partial charge in [0.2, 0.25) is 0 Å². The lowest BCUT2D eigenvalue weighted by molar-refractivity contribution is -0.385. The van der Waals surface area contributed by atoms with Crippen molar-refractivity contribution in [3.63, 3.8) is 0 Å². The molecule has 0 aliphatic rings. The van der Waals surface area contributed by atoms with Crippen molar-refractivity contribution in [1.29, 1.82) is 0 Å². The first-order valence-corrected chi connectivity index (χ1v) is 6.63. The van der Waals surface area contributed by atoms with E-state index in [1.165, 1.54) is 48.5 Å². The summed E-state index contributed by atoms with van der Waals surface area (Å²) < 4.78 is 0. The van der Waals surface area contributed by atoms with Crippen molar-refractivity contribution < 1.29 is 14.6 Å². The number of benzene rings is 2. The Kier molecular flexibility index (Phi) is 4.85. The van der Waals surface area contributed by atoms with Gasteiger partial charge in [-0.2, -0.15) is 0 Å². The number of hydrazine groups is 1. The van der Waals surface area contributed by atoms with Crippen molar-refractivity contribution in [3.05, 3.63) is 86.5 Å². The maximum Gasteiger partial charge on any atom is 0.282 e. The van der Waals surface area contributed by atoms with E-state index >= 15 is 0 Å². The lowest BCUT2D eigenvalue weighted by Gasteiger charge is -2.11. The number of non-ortho nitro benzene ring substituents is 1. The fourth-order valence-corrected chi connectivity index (χ4v) is 1.88. The van der Waals surface area contributed by atoms with Crippen LogP contribution in [0.2, 0.25) is 0 Å². The lowest BCUT2D eigenvalue weighted by atomic mass is 10.1. The first-order valence-electron chi connectivity index (χ1n) is 6.63. The molecule has 2 aromatic rings. The highest BCUT2D eigenvalue weighted by molar-refractivity contribution is 5.98. The van der Waals surface area contributed by atoms with Gasteiger partial charge in [0.1, 0.15) is 5.56 Å². The van der Waals surface area contributed by atoms with E-state index in [0.29, 0.717) is 5.56 Å². The maximum atomic E-state index is 12.0. The van der Waals surface area contributed by atoms with Crippen LogP contribution in [0.25, 0.3) is 5.70 Å². The zero-order valence-corrected chi connectivity index (χ0v) is 12.3. The molecule has 0 fully saturated rings. The van der Waals surface area contributed by atoms with Crippen LogP contribution in [-0.4, -0.2) is 15.8 Å². The van der Waals surface area contributed by atoms with Crippen molar-refractivity contribution >= 4 is 23.0 Å². The fraction of sp³-hybridized carbons (Fsp3) is 0. The second-order valence-electron chi connectivity index (χ2n) is 4.64. The Morgan fingerprint density at radius 2 is 1.54 bits per heavy atom. The van der Waals surface area contributed by atoms with Gasteiger partial charge in [-0.1, -0.05) is 18.7 Å². The maximum absolute atomic E-state index is 12.0. The normalized spacial score (nSPS) is 9.83. The molecule has 0 saturated carbocycles. The van der Waals surface area contributed by atoms with Gasteiger partial charge < -0.3 is 0 Å². The Labute approximate surface area is 135 Å². The third kappa shape index (κ3) is 3.71. The largest absolute Gasteiger partial charge is 0.298 e. The predicted octanol–water partition coefficient (Wildman–Crippen LogP) is 2.41. The molecule has 2 aromatic carbocycles. The third-order valence-electron chi connectivity index (χ3n) is 3.10. The molecule has 0 bridgehead atoms. The van der Waals surface area contributed by atoms with Gasteiger partial charge >= 0.3 is 0 Å². The molecule has 0 aliphatic heterocycles. The molecule has 0 heterocycles. The van der Waals surface area contributed by atoms with Gasteiger partial charge in [0, 0.05) is 18.2 Å². The number of nitrogens with zero attached hydrogens (tertiary/aromatic N) is 2. The van der Waals surface area contributed by atoms with Crippen molar-refractivity contribution in [3.8, 4) is 0 Å². The van der Waals surface area contributed by atoms with Gasteiger partial charge in [-0.3, -0.25) is 35.9 Å². The molecule has 0 radical (unpaired) electrons. The molecule has 0 saturated heterocycles. The van der Waals surface area contributed by atoms with E-state index in [-0.39, 0.29) is 22.6 Å². The van der Waals surface area contributed by atoms with E-state index in [9.17, 15) is 25.0 Å². The SMILES string of the molecule is C=C(NNC(=O)c1ccccc1[N+](=O)[O-])c1ccc([N+](=O)[O-])cc1. The van der Waals surface area contributed by atoms with Gasteiger partial charge in [-0.05, 0) is 23.8 Å². The Hall–Kier alpha value is -3.75. The van der Waals surface area contributed by atoms with E-state index in [0.717, 1.165) is 0 Å². The molecule has 0 spiro atoms. The summed E-state index contributed by atoms with van der Waals surface area (Å²) in [5, 5.41) is 21.5. The van der Waals surface area contributed by atoms with Crippen molar-refractivity contribution in [2.24, 2.45) is 0 Å². The highest BCUT2D eigenvalue weighted by Crippen LogP contribution is 2.18. The Morgan fingerprint density at radius 3 is 2.12 bits per heavy atom. The van der Waals surface area contributed by atoms with Gasteiger partial charge in [-0.15, -0.1) is 0 Å². The molecule has 122 valence electrons. The number of amides is 1. The molecular formula is C15H12N4O5. The van der Waals surface area contributed by atoms with E-state index in [1.54, 1.807) is 0 Å². The molecule has 24 heavy (non-hydrogen) atoms. The predicted molar refractivity (Wildman–Crippen MR) is 85.8 cm³/mol. The molecule has 1 amide bonds. The number of rotatable bonds is 6. The molecule has 0 aromatic heterocycles. The first-order chi connectivity index (χ1) is 11.4. The van der Waals surface area contributed by atoms with Gasteiger partial charge in [0.05, 0.1) is 15.5 Å². The number of nitro groups is 2. The van der Waals surface area contributed by atoms with Crippen molar-refractivity contribution in [2.45, 2.75) is 0 Å². The van der Waals surface area contributed by atoms with Crippen LogP contribution < -0.4 is 10.9 Å².